The maximum absolute atomic E-state index is 13.0. The van der Waals surface area contributed by atoms with Gasteiger partial charge in [-0.15, -0.1) is 12.1 Å². The Bertz CT molecular complexity index is 762. The van der Waals surface area contributed by atoms with Gasteiger partial charge in [-0.05, 0) is 35.7 Å². The van der Waals surface area contributed by atoms with Crippen LogP contribution in [0.5, 0.6) is 0 Å². The van der Waals surface area contributed by atoms with E-state index in [2.05, 4.69) is 59.6 Å². The van der Waals surface area contributed by atoms with Crippen molar-refractivity contribution in [3.05, 3.63) is 42.5 Å². The van der Waals surface area contributed by atoms with Crippen LogP contribution in [0, 0.1) is 18.4 Å². The molecule has 0 bridgehead atoms. The van der Waals surface area contributed by atoms with E-state index in [1.807, 2.05) is 19.1 Å². The molecule has 3 nitrogen and oxygen atoms in total. The van der Waals surface area contributed by atoms with Crippen LogP contribution in [-0.2, 0) is 10.0 Å². The van der Waals surface area contributed by atoms with E-state index >= 15 is 0 Å². The molecule has 0 aliphatic heterocycles. The lowest BCUT2D eigenvalue weighted by Gasteiger charge is -2.38. The molecule has 5 heteroatoms. The van der Waals surface area contributed by atoms with E-state index in [1.54, 1.807) is 18.2 Å². The van der Waals surface area contributed by atoms with Crippen LogP contribution >= 0.6 is 0 Å². The zero-order chi connectivity index (χ0) is 20.8. The van der Waals surface area contributed by atoms with Gasteiger partial charge in [0.1, 0.15) is 8.07 Å². The van der Waals surface area contributed by atoms with Gasteiger partial charge in [0, 0.05) is 6.54 Å². The molecule has 0 N–H and O–H groups in total. The predicted molar refractivity (Wildman–Crippen MR) is 119 cm³/mol. The van der Waals surface area contributed by atoms with Gasteiger partial charge in [-0.1, -0.05) is 71.2 Å². The van der Waals surface area contributed by atoms with Crippen LogP contribution in [0.1, 0.15) is 47.1 Å². The molecule has 0 fully saturated rings. The summed E-state index contributed by atoms with van der Waals surface area (Å²) in [5, 5.41) is 0. The largest absolute Gasteiger partial charge is 0.244 e. The summed E-state index contributed by atoms with van der Waals surface area (Å²) in [7, 11) is -5.46. The third kappa shape index (κ3) is 5.34. The van der Waals surface area contributed by atoms with E-state index in [4.69, 9.17) is 0 Å². The van der Waals surface area contributed by atoms with Gasteiger partial charge < -0.3 is 0 Å². The number of hydrogen-bond acceptors (Lipinski definition) is 2. The average Bonchev–Trinajstić information content (AvgIpc) is 2.57. The van der Waals surface area contributed by atoms with E-state index in [0.717, 1.165) is 5.56 Å². The highest BCUT2D eigenvalue weighted by atomic mass is 32.2. The summed E-state index contributed by atoms with van der Waals surface area (Å²) in [6.07, 6.45) is 1.62. The molecule has 0 spiro atoms. The molecule has 1 aromatic carbocycles. The second kappa shape index (κ2) is 9.72. The molecule has 1 rings (SSSR count). The number of aryl methyl sites for hydroxylation is 1. The fourth-order valence-corrected chi connectivity index (χ4v) is 10.5. The zero-order valence-electron chi connectivity index (χ0n) is 17.9. The van der Waals surface area contributed by atoms with Crippen LogP contribution < -0.4 is 0 Å². The first-order valence-electron chi connectivity index (χ1n) is 9.67. The van der Waals surface area contributed by atoms with Crippen molar-refractivity contribution in [2.24, 2.45) is 0 Å². The summed E-state index contributed by atoms with van der Waals surface area (Å²) in [4.78, 5) is 0.303. The van der Waals surface area contributed by atoms with Gasteiger partial charge in [0.05, 0.1) is 11.4 Å². The maximum Gasteiger partial charge on any atom is 0.244 e. The molecule has 150 valence electrons. The van der Waals surface area contributed by atoms with Crippen LogP contribution in [0.2, 0.25) is 16.6 Å². The molecule has 0 saturated carbocycles. The highest BCUT2D eigenvalue weighted by molar-refractivity contribution is 7.89. The number of benzene rings is 1. The molecule has 0 aliphatic rings. The monoisotopic (exact) mass is 405 g/mol. The Kier molecular flexibility index (Phi) is 8.53. The Hall–Kier alpha value is -1.35. The van der Waals surface area contributed by atoms with E-state index in [9.17, 15) is 8.42 Å². The fraction of sp³-hybridized carbons (Fsp3) is 0.545. The molecule has 27 heavy (non-hydrogen) atoms. The quantitative estimate of drug-likeness (QED) is 0.330. The number of hydrogen-bond donors (Lipinski definition) is 0. The van der Waals surface area contributed by atoms with Crippen LogP contribution in [0.25, 0.3) is 0 Å². The Morgan fingerprint density at radius 3 is 1.93 bits per heavy atom. The summed E-state index contributed by atoms with van der Waals surface area (Å²) in [5.74, 6) is 3.25. The minimum absolute atomic E-state index is 0.198. The van der Waals surface area contributed by atoms with Crippen LogP contribution in [-0.4, -0.2) is 33.9 Å². The molecule has 0 saturated heterocycles. The molecular weight excluding hydrogens is 370 g/mol. The van der Waals surface area contributed by atoms with E-state index < -0.39 is 18.1 Å². The summed E-state index contributed by atoms with van der Waals surface area (Å²) in [6.45, 7) is 19.6. The van der Waals surface area contributed by atoms with Gasteiger partial charge in [-0.25, -0.2) is 8.42 Å². The first-order chi connectivity index (χ1) is 12.5. The molecule has 0 amide bonds. The topological polar surface area (TPSA) is 37.4 Å². The van der Waals surface area contributed by atoms with Crippen molar-refractivity contribution in [2.45, 2.75) is 70.0 Å². The van der Waals surface area contributed by atoms with Gasteiger partial charge in [0.25, 0.3) is 0 Å². The predicted octanol–water partition coefficient (Wildman–Crippen LogP) is 5.39. The summed E-state index contributed by atoms with van der Waals surface area (Å²) in [6, 6.07) is 6.95. The van der Waals surface area contributed by atoms with E-state index in [0.29, 0.717) is 21.5 Å². The van der Waals surface area contributed by atoms with Crippen LogP contribution in [0.15, 0.2) is 41.8 Å². The van der Waals surface area contributed by atoms with Gasteiger partial charge in [-0.2, -0.15) is 4.31 Å². The van der Waals surface area contributed by atoms with E-state index in [-0.39, 0.29) is 13.1 Å². The minimum atomic E-state index is -3.58. The SMILES string of the molecule is C=CCN(CC#C[Si](C(C)C)(C(C)C)C(C)C)S(=O)(=O)c1ccc(C)cc1. The highest BCUT2D eigenvalue weighted by Gasteiger charge is 2.41. The number of nitrogens with zero attached hydrogens (tertiary/aromatic N) is 1. The second-order valence-electron chi connectivity index (χ2n) is 8.10. The van der Waals surface area contributed by atoms with Crippen molar-refractivity contribution in [3.63, 3.8) is 0 Å². The van der Waals surface area contributed by atoms with Crippen molar-refractivity contribution in [3.8, 4) is 11.5 Å². The summed E-state index contributed by atoms with van der Waals surface area (Å²) < 4.78 is 27.4. The van der Waals surface area contributed by atoms with Gasteiger partial charge in [0.15, 0.2) is 0 Å². The molecular formula is C22H35NO2SSi. The van der Waals surface area contributed by atoms with Gasteiger partial charge >= 0.3 is 0 Å². The van der Waals surface area contributed by atoms with Crippen molar-refractivity contribution < 1.29 is 8.42 Å². The molecule has 0 atom stereocenters. The zero-order valence-corrected chi connectivity index (χ0v) is 19.7. The molecule has 0 radical (unpaired) electrons. The van der Waals surface area contributed by atoms with Gasteiger partial charge in [-0.3, -0.25) is 0 Å². The Balaban J connectivity index is 3.24. The number of sulfonamides is 1. The smallest absolute Gasteiger partial charge is 0.207 e. The standard InChI is InChI=1S/C22H35NO2SSi/c1-9-15-23(26(24,25)22-13-11-21(8)12-14-22)16-10-17-27(18(2)3,19(4)5)20(6)7/h9,11-14,18-20H,1,15-16H2,2-8H3. The molecule has 0 aliphatic carbocycles. The first-order valence-corrected chi connectivity index (χ1v) is 13.3. The Morgan fingerprint density at radius 1 is 1.04 bits per heavy atom. The molecule has 0 unspecified atom stereocenters. The van der Waals surface area contributed by atoms with Crippen LogP contribution in [0.3, 0.4) is 0 Å². The first kappa shape index (κ1) is 23.7. The normalized spacial score (nSPS) is 12.6. The Labute approximate surface area is 167 Å². The molecule has 0 aromatic heterocycles. The lowest BCUT2D eigenvalue weighted by molar-refractivity contribution is 0.478. The van der Waals surface area contributed by atoms with Crippen LogP contribution in [0.4, 0.5) is 0 Å². The lowest BCUT2D eigenvalue weighted by atomic mass is 10.2. The van der Waals surface area contributed by atoms with E-state index in [1.165, 1.54) is 4.31 Å². The lowest BCUT2D eigenvalue weighted by Crippen LogP contribution is -2.43. The summed E-state index contributed by atoms with van der Waals surface area (Å²) >= 11 is 0. The average molecular weight is 406 g/mol. The third-order valence-corrected chi connectivity index (χ3v) is 13.6. The second-order valence-corrected chi connectivity index (χ2v) is 15.6. The third-order valence-electron chi connectivity index (χ3n) is 5.42. The number of rotatable bonds is 8. The van der Waals surface area contributed by atoms with Crippen molar-refractivity contribution in [1.29, 1.82) is 0 Å². The minimum Gasteiger partial charge on any atom is -0.207 e. The maximum atomic E-state index is 13.0. The van der Waals surface area contributed by atoms with Crippen molar-refractivity contribution in [1.82, 2.24) is 4.31 Å². The molecule has 0 heterocycles. The highest BCUT2D eigenvalue weighted by Crippen LogP contribution is 2.40. The Morgan fingerprint density at radius 2 is 1.52 bits per heavy atom. The molecule has 1 aromatic rings. The fourth-order valence-electron chi connectivity index (χ4n) is 3.96. The van der Waals surface area contributed by atoms with Crippen molar-refractivity contribution >= 4 is 18.1 Å². The van der Waals surface area contributed by atoms with Crippen molar-refractivity contribution in [2.75, 3.05) is 13.1 Å². The summed E-state index contributed by atoms with van der Waals surface area (Å²) in [5.41, 5.74) is 6.19. The van der Waals surface area contributed by atoms with Gasteiger partial charge in [0.2, 0.25) is 10.0 Å².